The quantitative estimate of drug-likeness (QED) is 0.473. The average Bonchev–Trinajstić information content (AvgIpc) is 3.22. The number of halogens is 1. The lowest BCUT2D eigenvalue weighted by molar-refractivity contribution is -0.113. The highest BCUT2D eigenvalue weighted by Gasteiger charge is 2.20. The fourth-order valence-corrected chi connectivity index (χ4v) is 4.94. The number of hydrogen-bond donors (Lipinski definition) is 1. The molecule has 1 aromatic heterocycles. The summed E-state index contributed by atoms with van der Waals surface area (Å²) in [5, 5.41) is 12.5. The maximum absolute atomic E-state index is 13.6. The predicted molar refractivity (Wildman–Crippen MR) is 130 cm³/mol. The van der Waals surface area contributed by atoms with Gasteiger partial charge in [0.05, 0.1) is 12.3 Å². The summed E-state index contributed by atoms with van der Waals surface area (Å²) in [6, 6.07) is 12.4. The predicted octanol–water partition coefficient (Wildman–Crippen LogP) is 4.99. The Balaban J connectivity index is 1.52. The monoisotopic (exact) mass is 467 g/mol. The maximum atomic E-state index is 13.6. The number of nitrogens with one attached hydrogen (secondary N) is 1. The second-order valence-electron chi connectivity index (χ2n) is 8.35. The van der Waals surface area contributed by atoms with Gasteiger partial charge < -0.3 is 5.32 Å². The third-order valence-electron chi connectivity index (χ3n) is 5.94. The van der Waals surface area contributed by atoms with Crippen molar-refractivity contribution >= 4 is 23.4 Å². The number of likely N-dealkylation sites (tertiary alicyclic amines) is 1. The van der Waals surface area contributed by atoms with Crippen molar-refractivity contribution in [1.82, 2.24) is 19.7 Å². The number of carbonyl (C=O) groups excluding carboxylic acids is 1. The summed E-state index contributed by atoms with van der Waals surface area (Å²) in [6.07, 6.45) is 4.48. The van der Waals surface area contributed by atoms with Crippen molar-refractivity contribution in [1.29, 1.82) is 0 Å². The van der Waals surface area contributed by atoms with E-state index in [-0.39, 0.29) is 17.5 Å². The number of carbonyl (C=O) groups is 1. The second-order valence-corrected chi connectivity index (χ2v) is 9.29. The summed E-state index contributed by atoms with van der Waals surface area (Å²) in [6.45, 7) is 6.84. The van der Waals surface area contributed by atoms with Gasteiger partial charge in [-0.25, -0.2) is 4.39 Å². The first-order valence-corrected chi connectivity index (χ1v) is 12.5. The van der Waals surface area contributed by atoms with Crippen LogP contribution in [0.1, 0.15) is 43.1 Å². The number of piperidine rings is 1. The Morgan fingerprint density at radius 2 is 1.85 bits per heavy atom. The Morgan fingerprint density at radius 1 is 1.09 bits per heavy atom. The molecule has 33 heavy (non-hydrogen) atoms. The number of aryl methyl sites for hydroxylation is 2. The molecule has 0 aliphatic carbocycles. The van der Waals surface area contributed by atoms with Gasteiger partial charge in [-0.1, -0.05) is 43.3 Å². The first kappa shape index (κ1) is 23.4. The Morgan fingerprint density at radius 3 is 2.58 bits per heavy atom. The lowest BCUT2D eigenvalue weighted by Gasteiger charge is -2.26. The third-order valence-corrected chi connectivity index (χ3v) is 6.86. The van der Waals surface area contributed by atoms with Crippen molar-refractivity contribution in [2.45, 2.75) is 51.2 Å². The summed E-state index contributed by atoms with van der Waals surface area (Å²) in [7, 11) is 0. The summed E-state index contributed by atoms with van der Waals surface area (Å²) < 4.78 is 15.5. The Hall–Kier alpha value is -2.71. The number of nitrogens with zero attached hydrogens (tertiary/aromatic N) is 4. The smallest absolute Gasteiger partial charge is 0.234 e. The molecule has 1 fully saturated rings. The molecule has 6 nitrogen and oxygen atoms in total. The van der Waals surface area contributed by atoms with Gasteiger partial charge in [0.1, 0.15) is 5.82 Å². The largest absolute Gasteiger partial charge is 0.325 e. The van der Waals surface area contributed by atoms with E-state index in [2.05, 4.69) is 27.3 Å². The lowest BCUT2D eigenvalue weighted by atomic mass is 10.1. The van der Waals surface area contributed by atoms with Crippen LogP contribution in [0.25, 0.3) is 5.69 Å². The number of amides is 1. The third kappa shape index (κ3) is 5.81. The van der Waals surface area contributed by atoms with Crippen molar-refractivity contribution in [3.05, 3.63) is 65.2 Å². The zero-order valence-corrected chi connectivity index (χ0v) is 20.0. The van der Waals surface area contributed by atoms with Crippen LogP contribution in [0.5, 0.6) is 0 Å². The molecule has 2 aromatic carbocycles. The molecule has 0 atom stereocenters. The molecule has 0 bridgehead atoms. The molecule has 0 saturated carbocycles. The van der Waals surface area contributed by atoms with E-state index < -0.39 is 0 Å². The molecule has 2 heterocycles. The normalized spacial score (nSPS) is 14.4. The van der Waals surface area contributed by atoms with Gasteiger partial charge in [0, 0.05) is 11.4 Å². The summed E-state index contributed by atoms with van der Waals surface area (Å²) in [5.41, 5.74) is 3.84. The topological polar surface area (TPSA) is 63.1 Å². The zero-order chi connectivity index (χ0) is 23.2. The molecule has 3 aromatic rings. The van der Waals surface area contributed by atoms with Gasteiger partial charge in [-0.15, -0.1) is 10.2 Å². The number of hydrogen-bond acceptors (Lipinski definition) is 5. The van der Waals surface area contributed by atoms with Gasteiger partial charge in [-0.3, -0.25) is 14.3 Å². The molecule has 1 N–H and O–H groups in total. The fraction of sp³-hybridized carbons (Fsp3) is 0.400. The van der Waals surface area contributed by atoms with Crippen molar-refractivity contribution in [2.75, 3.05) is 24.2 Å². The summed E-state index contributed by atoms with van der Waals surface area (Å²) >= 11 is 1.34. The molecule has 0 unspecified atom stereocenters. The minimum atomic E-state index is -0.289. The van der Waals surface area contributed by atoms with Crippen LogP contribution in [0.3, 0.4) is 0 Å². The van der Waals surface area contributed by atoms with Crippen LogP contribution < -0.4 is 5.32 Å². The number of para-hydroxylation sites is 1. The van der Waals surface area contributed by atoms with Gasteiger partial charge in [0.2, 0.25) is 5.91 Å². The van der Waals surface area contributed by atoms with Crippen LogP contribution >= 0.6 is 11.8 Å². The molecule has 1 aliphatic heterocycles. The van der Waals surface area contributed by atoms with Crippen LogP contribution in [-0.4, -0.2) is 44.4 Å². The van der Waals surface area contributed by atoms with Crippen LogP contribution in [0, 0.1) is 12.7 Å². The van der Waals surface area contributed by atoms with Crippen LogP contribution in [0.2, 0.25) is 0 Å². The molecule has 8 heteroatoms. The molecule has 1 saturated heterocycles. The first-order chi connectivity index (χ1) is 16.0. The van der Waals surface area contributed by atoms with Crippen LogP contribution in [0.4, 0.5) is 10.1 Å². The number of aromatic nitrogens is 3. The van der Waals surface area contributed by atoms with Gasteiger partial charge >= 0.3 is 0 Å². The van der Waals surface area contributed by atoms with E-state index >= 15 is 0 Å². The number of thioether (sulfide) groups is 1. The number of benzene rings is 2. The van der Waals surface area contributed by atoms with E-state index in [1.165, 1.54) is 43.2 Å². The van der Waals surface area contributed by atoms with Crippen molar-refractivity contribution in [3.8, 4) is 5.69 Å². The molecule has 1 aliphatic rings. The number of rotatable bonds is 8. The van der Waals surface area contributed by atoms with Crippen molar-refractivity contribution in [2.24, 2.45) is 0 Å². The van der Waals surface area contributed by atoms with Gasteiger partial charge in [-0.2, -0.15) is 0 Å². The minimum absolute atomic E-state index is 0.0877. The summed E-state index contributed by atoms with van der Waals surface area (Å²) in [5.74, 6) is 0.636. The van der Waals surface area contributed by atoms with E-state index in [0.29, 0.717) is 11.7 Å². The highest BCUT2D eigenvalue weighted by atomic mass is 32.2. The van der Waals surface area contributed by atoms with Crippen molar-refractivity contribution in [3.63, 3.8) is 0 Å². The average molecular weight is 468 g/mol. The van der Waals surface area contributed by atoms with Gasteiger partial charge in [0.25, 0.3) is 0 Å². The van der Waals surface area contributed by atoms with E-state index in [9.17, 15) is 9.18 Å². The Kier molecular flexibility index (Phi) is 7.77. The molecule has 0 radical (unpaired) electrons. The van der Waals surface area contributed by atoms with Crippen LogP contribution in [0.15, 0.2) is 47.6 Å². The second kappa shape index (κ2) is 10.9. The molecule has 4 rings (SSSR count). The maximum Gasteiger partial charge on any atom is 0.234 e. The first-order valence-electron chi connectivity index (χ1n) is 11.5. The lowest BCUT2D eigenvalue weighted by Crippen LogP contribution is -2.30. The van der Waals surface area contributed by atoms with E-state index in [0.717, 1.165) is 47.8 Å². The number of anilines is 1. The molecular weight excluding hydrogens is 437 g/mol. The summed E-state index contributed by atoms with van der Waals surface area (Å²) in [4.78, 5) is 15.1. The SMILES string of the molecule is CCc1cccc(C)c1NC(=O)CSc1nnc(CN2CCCCC2)n1-c1ccc(F)cc1. The van der Waals surface area contributed by atoms with Crippen molar-refractivity contribution < 1.29 is 9.18 Å². The minimum Gasteiger partial charge on any atom is -0.325 e. The molecule has 174 valence electrons. The fourth-order valence-electron chi connectivity index (χ4n) is 4.17. The van der Waals surface area contributed by atoms with E-state index in [1.807, 2.05) is 29.7 Å². The Bertz CT molecular complexity index is 1090. The van der Waals surface area contributed by atoms with E-state index in [1.54, 1.807) is 12.1 Å². The molecule has 1 amide bonds. The highest BCUT2D eigenvalue weighted by Crippen LogP contribution is 2.25. The van der Waals surface area contributed by atoms with E-state index in [4.69, 9.17) is 0 Å². The van der Waals surface area contributed by atoms with Crippen LogP contribution in [-0.2, 0) is 17.8 Å². The standard InChI is InChI=1S/C25H30FN5OS/c1-3-19-9-7-8-18(2)24(19)27-23(32)17-33-25-29-28-22(16-30-14-5-4-6-15-30)31(25)21-12-10-20(26)11-13-21/h7-13H,3-6,14-17H2,1-2H3,(H,27,32). The van der Waals surface area contributed by atoms with Gasteiger partial charge in [-0.05, 0) is 74.7 Å². The van der Waals surface area contributed by atoms with Gasteiger partial charge in [0.15, 0.2) is 11.0 Å². The highest BCUT2D eigenvalue weighted by molar-refractivity contribution is 7.99. The molecular formula is C25H30FN5OS. The molecule has 0 spiro atoms. The Labute approximate surface area is 198 Å². The zero-order valence-electron chi connectivity index (χ0n) is 19.2.